The van der Waals surface area contributed by atoms with Crippen molar-refractivity contribution in [2.24, 2.45) is 0 Å². The predicted octanol–water partition coefficient (Wildman–Crippen LogP) is 1.78. The Kier molecular flexibility index (Phi) is 6.69. The zero-order valence-corrected chi connectivity index (χ0v) is 20.1. The number of aromatic amines is 1. The van der Waals surface area contributed by atoms with E-state index >= 15 is 0 Å². The van der Waals surface area contributed by atoms with Gasteiger partial charge in [0.2, 0.25) is 11.9 Å². The van der Waals surface area contributed by atoms with Crippen molar-refractivity contribution in [2.75, 3.05) is 42.5 Å². The monoisotopic (exact) mass is 487 g/mol. The number of hydrogen-bond acceptors (Lipinski definition) is 8. The number of H-pyrrole nitrogens is 1. The Morgan fingerprint density at radius 3 is 2.65 bits per heavy atom. The molecule has 3 aliphatic heterocycles. The molecule has 0 radical (unpaired) electrons. The molecule has 5 heterocycles. The van der Waals surface area contributed by atoms with E-state index < -0.39 is 0 Å². The van der Waals surface area contributed by atoms with Crippen molar-refractivity contribution in [1.29, 1.82) is 0 Å². The van der Waals surface area contributed by atoms with Crippen LogP contribution in [0.5, 0.6) is 0 Å². The number of piperazine rings is 1. The van der Waals surface area contributed by atoms with Gasteiger partial charge in [0, 0.05) is 38.3 Å². The summed E-state index contributed by atoms with van der Waals surface area (Å²) in [5.74, 6) is 0.783. The minimum Gasteiger partial charge on any atom is -0.372 e. The minimum absolute atomic E-state index is 0.0593. The standard InChI is InChI=1S/C23H30ClN7O3/c1-15-19(14-27-28-22(15)33)31-6-2-3-18(31)20-5-4-17(34-20)11-21(32)29-7-9-30(10-8-29)23-25-12-16(24)13-26-23/h12-14,17-18,20H,2-11H2,1H3,(H,28,33)/t17-,18-,20+/m0/s1. The molecule has 0 saturated carbocycles. The highest BCUT2D eigenvalue weighted by molar-refractivity contribution is 6.30. The molecule has 0 spiro atoms. The Hall–Kier alpha value is -2.72. The van der Waals surface area contributed by atoms with Gasteiger partial charge < -0.3 is 19.4 Å². The summed E-state index contributed by atoms with van der Waals surface area (Å²) in [5.41, 5.74) is 1.42. The summed E-state index contributed by atoms with van der Waals surface area (Å²) in [7, 11) is 0. The van der Waals surface area contributed by atoms with Crippen LogP contribution in [0.2, 0.25) is 5.02 Å². The number of amides is 1. The van der Waals surface area contributed by atoms with Crippen molar-refractivity contribution in [2.45, 2.75) is 57.3 Å². The van der Waals surface area contributed by atoms with Gasteiger partial charge in [0.15, 0.2) is 0 Å². The van der Waals surface area contributed by atoms with E-state index in [1.54, 1.807) is 18.6 Å². The van der Waals surface area contributed by atoms with Gasteiger partial charge in [0.05, 0.1) is 54.0 Å². The molecule has 0 unspecified atom stereocenters. The van der Waals surface area contributed by atoms with Crippen LogP contribution >= 0.6 is 11.6 Å². The first-order valence-corrected chi connectivity index (χ1v) is 12.3. The highest BCUT2D eigenvalue weighted by Gasteiger charge is 2.39. The Morgan fingerprint density at radius 1 is 1.12 bits per heavy atom. The van der Waals surface area contributed by atoms with E-state index in [2.05, 4.69) is 30.0 Å². The Balaban J connectivity index is 1.14. The summed E-state index contributed by atoms with van der Waals surface area (Å²) in [4.78, 5) is 39.8. The third-order valence-electron chi connectivity index (χ3n) is 7.18. The highest BCUT2D eigenvalue weighted by atomic mass is 35.5. The average molecular weight is 488 g/mol. The van der Waals surface area contributed by atoms with E-state index in [-0.39, 0.29) is 29.7 Å². The molecule has 182 valence electrons. The lowest BCUT2D eigenvalue weighted by Crippen LogP contribution is -2.49. The van der Waals surface area contributed by atoms with E-state index in [0.717, 1.165) is 37.9 Å². The normalized spacial score (nSPS) is 25.2. The summed E-state index contributed by atoms with van der Waals surface area (Å²) >= 11 is 5.87. The van der Waals surface area contributed by atoms with E-state index in [1.165, 1.54) is 0 Å². The van der Waals surface area contributed by atoms with Gasteiger partial charge in [-0.2, -0.15) is 5.10 Å². The first kappa shape index (κ1) is 23.0. The quantitative estimate of drug-likeness (QED) is 0.680. The van der Waals surface area contributed by atoms with Crippen molar-refractivity contribution < 1.29 is 9.53 Å². The van der Waals surface area contributed by atoms with Crippen molar-refractivity contribution in [3.05, 3.63) is 39.5 Å². The number of nitrogens with one attached hydrogen (secondary N) is 1. The molecule has 1 N–H and O–H groups in total. The van der Waals surface area contributed by atoms with Crippen molar-refractivity contribution >= 4 is 29.1 Å². The van der Waals surface area contributed by atoms with Gasteiger partial charge in [0.25, 0.3) is 5.56 Å². The van der Waals surface area contributed by atoms with Gasteiger partial charge in [0.1, 0.15) is 0 Å². The fraction of sp³-hybridized carbons (Fsp3) is 0.609. The third-order valence-corrected chi connectivity index (χ3v) is 7.38. The molecule has 1 amide bonds. The molecule has 0 aromatic carbocycles. The molecule has 0 aliphatic carbocycles. The van der Waals surface area contributed by atoms with Crippen LogP contribution in [0.25, 0.3) is 0 Å². The topological polar surface area (TPSA) is 108 Å². The number of carbonyl (C=O) groups is 1. The molecule has 11 heteroatoms. The average Bonchev–Trinajstić information content (AvgIpc) is 3.51. The van der Waals surface area contributed by atoms with E-state index in [0.29, 0.717) is 49.1 Å². The molecule has 2 aromatic rings. The fourth-order valence-electron chi connectivity index (χ4n) is 5.33. The molecule has 2 aromatic heterocycles. The molecular weight excluding hydrogens is 458 g/mol. The third kappa shape index (κ3) is 4.74. The lowest BCUT2D eigenvalue weighted by Gasteiger charge is -2.35. The van der Waals surface area contributed by atoms with Gasteiger partial charge in [-0.25, -0.2) is 15.1 Å². The SMILES string of the molecule is Cc1c(N2CCC[C@H]2[C@H]2CC[C@@H](CC(=O)N3CCN(c4ncc(Cl)cn4)CC3)O2)cn[nH]c1=O. The molecule has 10 nitrogen and oxygen atoms in total. The molecule has 3 atom stereocenters. The van der Waals surface area contributed by atoms with Crippen LogP contribution in [0.1, 0.15) is 37.7 Å². The van der Waals surface area contributed by atoms with Crippen LogP contribution in [0.4, 0.5) is 11.6 Å². The second-order valence-corrected chi connectivity index (χ2v) is 9.70. The molecule has 3 aliphatic rings. The lowest BCUT2D eigenvalue weighted by molar-refractivity contribution is -0.134. The largest absolute Gasteiger partial charge is 0.372 e. The maximum atomic E-state index is 13.0. The number of halogens is 1. The van der Waals surface area contributed by atoms with Crippen LogP contribution in [-0.4, -0.2) is 81.9 Å². The molecule has 34 heavy (non-hydrogen) atoms. The molecule has 3 saturated heterocycles. The minimum atomic E-state index is -0.151. The van der Waals surface area contributed by atoms with Gasteiger partial charge in [-0.15, -0.1) is 0 Å². The van der Waals surface area contributed by atoms with Crippen molar-refractivity contribution in [1.82, 2.24) is 25.1 Å². The van der Waals surface area contributed by atoms with Crippen LogP contribution in [-0.2, 0) is 9.53 Å². The van der Waals surface area contributed by atoms with Crippen molar-refractivity contribution in [3.63, 3.8) is 0 Å². The van der Waals surface area contributed by atoms with Gasteiger partial charge in [-0.1, -0.05) is 11.6 Å². The smallest absolute Gasteiger partial charge is 0.269 e. The maximum Gasteiger partial charge on any atom is 0.269 e. The zero-order valence-electron chi connectivity index (χ0n) is 19.3. The van der Waals surface area contributed by atoms with Crippen LogP contribution in [0.15, 0.2) is 23.4 Å². The first-order valence-electron chi connectivity index (χ1n) is 12.0. The fourth-order valence-corrected chi connectivity index (χ4v) is 5.43. The van der Waals surface area contributed by atoms with Crippen LogP contribution < -0.4 is 15.4 Å². The Bertz CT molecular complexity index is 1070. The molecule has 0 bridgehead atoms. The number of anilines is 2. The van der Waals surface area contributed by atoms with Crippen LogP contribution in [0.3, 0.4) is 0 Å². The summed E-state index contributed by atoms with van der Waals surface area (Å²) in [6, 6.07) is 0.213. The summed E-state index contributed by atoms with van der Waals surface area (Å²) < 4.78 is 6.39. The van der Waals surface area contributed by atoms with Gasteiger partial charge >= 0.3 is 0 Å². The predicted molar refractivity (Wildman–Crippen MR) is 128 cm³/mol. The van der Waals surface area contributed by atoms with Crippen LogP contribution in [0, 0.1) is 6.92 Å². The summed E-state index contributed by atoms with van der Waals surface area (Å²) in [5, 5.41) is 7.01. The number of ether oxygens (including phenoxy) is 1. The van der Waals surface area contributed by atoms with Gasteiger partial charge in [-0.05, 0) is 32.6 Å². The zero-order chi connectivity index (χ0) is 23.7. The number of aromatic nitrogens is 4. The second-order valence-electron chi connectivity index (χ2n) is 9.26. The van der Waals surface area contributed by atoms with Crippen molar-refractivity contribution in [3.8, 4) is 0 Å². The van der Waals surface area contributed by atoms with E-state index in [4.69, 9.17) is 16.3 Å². The molecule has 5 rings (SSSR count). The number of carbonyl (C=O) groups excluding carboxylic acids is 1. The number of rotatable bonds is 5. The molecule has 3 fully saturated rings. The second kappa shape index (κ2) is 9.87. The lowest BCUT2D eigenvalue weighted by atomic mass is 10.0. The molecular formula is C23H30ClN7O3. The Morgan fingerprint density at radius 2 is 1.88 bits per heavy atom. The number of hydrogen-bond donors (Lipinski definition) is 1. The summed E-state index contributed by atoms with van der Waals surface area (Å²) in [6.45, 7) is 5.41. The first-order chi connectivity index (χ1) is 16.5. The number of nitrogens with zero attached hydrogens (tertiary/aromatic N) is 6. The van der Waals surface area contributed by atoms with E-state index in [1.807, 2.05) is 11.8 Å². The maximum absolute atomic E-state index is 13.0. The highest BCUT2D eigenvalue weighted by Crippen LogP contribution is 2.35. The van der Waals surface area contributed by atoms with E-state index in [9.17, 15) is 9.59 Å². The summed E-state index contributed by atoms with van der Waals surface area (Å²) in [6.07, 6.45) is 9.22. The van der Waals surface area contributed by atoms with Gasteiger partial charge in [-0.3, -0.25) is 9.59 Å². The Labute approximate surface area is 203 Å².